The molecule has 0 radical (unpaired) electrons. The van der Waals surface area contributed by atoms with Crippen LogP contribution in [-0.4, -0.2) is 149 Å². The summed E-state index contributed by atoms with van der Waals surface area (Å²) >= 11 is 0. The number of hydrogen-bond donors (Lipinski definition) is 11. The topological polar surface area (TPSA) is 313 Å². The van der Waals surface area contributed by atoms with Crippen molar-refractivity contribution in [2.24, 2.45) is 34.4 Å². The van der Waals surface area contributed by atoms with E-state index in [1.54, 1.807) is 0 Å². The van der Waals surface area contributed by atoms with E-state index in [-0.39, 0.29) is 25.6 Å². The summed E-state index contributed by atoms with van der Waals surface area (Å²) in [6, 6.07) is -3.13. The molecule has 1 unspecified atom stereocenters. The molecule has 0 bridgehead atoms. The molecule has 3 aliphatic heterocycles. The first-order chi connectivity index (χ1) is 19.0. The monoisotopic (exact) mass is 582 g/mol. The fourth-order valence-electron chi connectivity index (χ4n) is 5.65. The predicted molar refractivity (Wildman–Crippen MR) is 136 cm³/mol. The Morgan fingerprint density at radius 3 is 1.90 bits per heavy atom. The van der Waals surface area contributed by atoms with E-state index in [4.69, 9.17) is 62.8 Å². The Morgan fingerprint density at radius 2 is 1.25 bits per heavy atom. The molecule has 0 aromatic rings. The van der Waals surface area contributed by atoms with Crippen molar-refractivity contribution in [3.63, 3.8) is 0 Å². The zero-order valence-electron chi connectivity index (χ0n) is 22.2. The molecule has 4 rings (SSSR count). The fourth-order valence-corrected chi connectivity index (χ4v) is 5.65. The number of aliphatic hydroxyl groups excluding tert-OH is 5. The van der Waals surface area contributed by atoms with Crippen molar-refractivity contribution < 1.29 is 54.0 Å². The van der Waals surface area contributed by atoms with Crippen molar-refractivity contribution in [3.05, 3.63) is 0 Å². The molecule has 3 saturated heterocycles. The van der Waals surface area contributed by atoms with Crippen LogP contribution in [0.5, 0.6) is 0 Å². The van der Waals surface area contributed by atoms with Gasteiger partial charge in [0.1, 0.15) is 48.8 Å². The van der Waals surface area contributed by atoms with Crippen LogP contribution in [0.4, 0.5) is 0 Å². The molecule has 17 N–H and O–H groups in total. The van der Waals surface area contributed by atoms with E-state index in [1.165, 1.54) is 0 Å². The normalized spacial score (nSPS) is 52.1. The highest BCUT2D eigenvalue weighted by molar-refractivity contribution is 5.01. The summed E-state index contributed by atoms with van der Waals surface area (Å²) in [5.41, 5.74) is 36.0. The van der Waals surface area contributed by atoms with E-state index < -0.39 is 105 Å². The predicted octanol–water partition coefficient (Wildman–Crippen LogP) is -6.84. The summed E-state index contributed by atoms with van der Waals surface area (Å²) < 4.78 is 35.2. The molecule has 0 aromatic carbocycles. The second-order valence-corrected chi connectivity index (χ2v) is 11.0. The Balaban J connectivity index is 1.48. The van der Waals surface area contributed by atoms with Gasteiger partial charge in [0.05, 0.1) is 30.9 Å². The van der Waals surface area contributed by atoms with Gasteiger partial charge in [0.15, 0.2) is 18.9 Å². The third-order valence-electron chi connectivity index (χ3n) is 8.15. The maximum absolute atomic E-state index is 11.1. The molecular formula is C23H46N6O11. The highest BCUT2D eigenvalue weighted by Gasteiger charge is 2.53. The molecular weight excluding hydrogens is 536 g/mol. The van der Waals surface area contributed by atoms with Crippen LogP contribution < -0.4 is 34.4 Å². The zero-order chi connectivity index (χ0) is 29.3. The first-order valence-electron chi connectivity index (χ1n) is 13.7. The van der Waals surface area contributed by atoms with E-state index in [9.17, 15) is 25.5 Å². The minimum absolute atomic E-state index is 0.133. The maximum atomic E-state index is 11.1. The smallest absolute Gasteiger partial charge is 0.187 e. The molecule has 3 heterocycles. The summed E-state index contributed by atoms with van der Waals surface area (Å²) in [5.74, 6) is 0. The first-order valence-corrected chi connectivity index (χ1v) is 13.7. The second kappa shape index (κ2) is 13.7. The lowest BCUT2D eigenvalue weighted by Crippen LogP contribution is -2.65. The van der Waals surface area contributed by atoms with E-state index >= 15 is 0 Å². The van der Waals surface area contributed by atoms with Gasteiger partial charge in [-0.25, -0.2) is 0 Å². The Hall–Kier alpha value is -0.680. The standard InChI is InChI=1S/C23H46N6O11/c24-4-7-1-2-8(26)21(35-7)38-18-10(28)3-9(27)14(31)20(18)40-23-17(34)19(12(6-30)37-23)39-22-13(29)16(33)15(32)11(5-25)36-22/h7-23,30-34H,1-6,24-29H2/t7-,8+,9+,10-,11-,12+,13+,14-,15+,16+,17+,18+,19+,20+,21+,22?,23-/m0/s1. The van der Waals surface area contributed by atoms with Gasteiger partial charge in [-0.15, -0.1) is 0 Å². The SMILES string of the molecule is NC[C@@H]1CC[C@@H](N)[C@@H](O[C@H]2[C@H](O[C@@H]3O[C@H](CO)[C@@H](OC4O[C@@H](CN)[C@@H](O)[C@H](O)[C@H]4N)[C@H]3O)[C@@H](O)[C@H](N)C[C@@H]2N)O1. The summed E-state index contributed by atoms with van der Waals surface area (Å²) in [6.07, 6.45) is -13.4. The molecule has 1 aliphatic carbocycles. The van der Waals surface area contributed by atoms with E-state index in [2.05, 4.69) is 0 Å². The van der Waals surface area contributed by atoms with Crippen LogP contribution in [0.3, 0.4) is 0 Å². The van der Waals surface area contributed by atoms with Crippen molar-refractivity contribution in [2.45, 2.75) is 123 Å². The highest BCUT2D eigenvalue weighted by atomic mass is 16.8. The molecule has 0 amide bonds. The van der Waals surface area contributed by atoms with Crippen molar-refractivity contribution in [3.8, 4) is 0 Å². The van der Waals surface area contributed by atoms with Crippen LogP contribution in [0.1, 0.15) is 19.3 Å². The van der Waals surface area contributed by atoms with Gasteiger partial charge in [-0.1, -0.05) is 0 Å². The Bertz CT molecular complexity index is 806. The van der Waals surface area contributed by atoms with E-state index in [0.29, 0.717) is 12.8 Å². The van der Waals surface area contributed by atoms with Gasteiger partial charge < -0.3 is 88.4 Å². The van der Waals surface area contributed by atoms with Crippen molar-refractivity contribution in [1.82, 2.24) is 0 Å². The molecule has 17 atom stereocenters. The average Bonchev–Trinajstić information content (AvgIpc) is 3.23. The lowest BCUT2D eigenvalue weighted by atomic mass is 9.84. The van der Waals surface area contributed by atoms with Crippen molar-refractivity contribution in [1.29, 1.82) is 0 Å². The quantitative estimate of drug-likeness (QED) is 0.120. The molecule has 1 saturated carbocycles. The van der Waals surface area contributed by atoms with Gasteiger partial charge >= 0.3 is 0 Å². The van der Waals surface area contributed by atoms with Gasteiger partial charge in [0, 0.05) is 25.2 Å². The van der Waals surface area contributed by atoms with Gasteiger partial charge in [-0.3, -0.25) is 0 Å². The number of nitrogens with two attached hydrogens (primary N) is 6. The fraction of sp³-hybridized carbons (Fsp3) is 1.00. The Labute approximate surface area is 231 Å². The third kappa shape index (κ3) is 6.61. The zero-order valence-corrected chi connectivity index (χ0v) is 22.2. The summed E-state index contributed by atoms with van der Waals surface area (Å²) in [7, 11) is 0. The first kappa shape index (κ1) is 32.2. The molecule has 17 heteroatoms. The van der Waals surface area contributed by atoms with Crippen LogP contribution in [0, 0.1) is 0 Å². The minimum Gasteiger partial charge on any atom is -0.394 e. The van der Waals surface area contributed by atoms with E-state index in [1.807, 2.05) is 0 Å². The second-order valence-electron chi connectivity index (χ2n) is 11.0. The average molecular weight is 583 g/mol. The van der Waals surface area contributed by atoms with Crippen molar-refractivity contribution >= 4 is 0 Å². The van der Waals surface area contributed by atoms with Crippen LogP contribution in [0.25, 0.3) is 0 Å². The van der Waals surface area contributed by atoms with Crippen molar-refractivity contribution in [2.75, 3.05) is 19.7 Å². The third-order valence-corrected chi connectivity index (χ3v) is 8.15. The van der Waals surface area contributed by atoms with Crippen LogP contribution in [0.2, 0.25) is 0 Å². The van der Waals surface area contributed by atoms with Gasteiger partial charge in [0.25, 0.3) is 0 Å². The molecule has 4 fully saturated rings. The molecule has 0 aromatic heterocycles. The summed E-state index contributed by atoms with van der Waals surface area (Å²) in [6.45, 7) is -0.447. The Kier molecular flexibility index (Phi) is 11.1. The van der Waals surface area contributed by atoms with Gasteiger partial charge in [0.2, 0.25) is 0 Å². The number of rotatable bonds is 9. The largest absolute Gasteiger partial charge is 0.394 e. The summed E-state index contributed by atoms with van der Waals surface area (Å²) in [4.78, 5) is 0. The van der Waals surface area contributed by atoms with Crippen LogP contribution in [0.15, 0.2) is 0 Å². The lowest BCUT2D eigenvalue weighted by molar-refractivity contribution is -0.289. The summed E-state index contributed by atoms with van der Waals surface area (Å²) in [5, 5.41) is 52.4. The maximum Gasteiger partial charge on any atom is 0.187 e. The van der Waals surface area contributed by atoms with E-state index in [0.717, 1.165) is 0 Å². The molecule has 17 nitrogen and oxygen atoms in total. The molecule has 4 aliphatic rings. The lowest BCUT2D eigenvalue weighted by Gasteiger charge is -2.45. The van der Waals surface area contributed by atoms with Gasteiger partial charge in [-0.05, 0) is 19.3 Å². The highest BCUT2D eigenvalue weighted by Crippen LogP contribution is 2.34. The molecule has 0 spiro atoms. The number of ether oxygens (including phenoxy) is 6. The number of aliphatic hydroxyl groups is 5. The van der Waals surface area contributed by atoms with Crippen LogP contribution >= 0.6 is 0 Å². The molecule has 234 valence electrons. The molecule has 40 heavy (non-hydrogen) atoms. The van der Waals surface area contributed by atoms with Gasteiger partial charge in [-0.2, -0.15) is 0 Å². The van der Waals surface area contributed by atoms with Crippen LogP contribution in [-0.2, 0) is 28.4 Å². The Morgan fingerprint density at radius 1 is 0.600 bits per heavy atom. The number of hydrogen-bond acceptors (Lipinski definition) is 17. The minimum atomic E-state index is -1.52.